The average Bonchev–Trinajstić information content (AvgIpc) is 2.68. The molecule has 3 N–H and O–H groups in total. The summed E-state index contributed by atoms with van der Waals surface area (Å²) in [4.78, 5) is 0. The molecule has 1 saturated carbocycles. The summed E-state index contributed by atoms with van der Waals surface area (Å²) in [6, 6.07) is 0. The van der Waals surface area contributed by atoms with E-state index in [1.807, 2.05) is 0 Å². The maximum atomic E-state index is 10.6. The molecule has 0 radical (unpaired) electrons. The smallest absolute Gasteiger partial charge is 0.0636 e. The molecule has 0 aromatic heterocycles. The number of aliphatic hydroxyl groups is 1. The van der Waals surface area contributed by atoms with Crippen molar-refractivity contribution in [3.05, 3.63) is 0 Å². The minimum atomic E-state index is -0.188. The van der Waals surface area contributed by atoms with Crippen molar-refractivity contribution in [2.45, 2.75) is 65.4 Å². The van der Waals surface area contributed by atoms with Crippen LogP contribution in [-0.2, 0) is 0 Å². The van der Waals surface area contributed by atoms with Crippen LogP contribution in [0.5, 0.6) is 0 Å². The van der Waals surface area contributed by atoms with E-state index in [1.54, 1.807) is 0 Å². The van der Waals surface area contributed by atoms with E-state index in [4.69, 9.17) is 5.73 Å². The van der Waals surface area contributed by atoms with Crippen LogP contribution >= 0.6 is 0 Å². The van der Waals surface area contributed by atoms with Gasteiger partial charge in [-0.05, 0) is 49.5 Å². The molecule has 2 nitrogen and oxygen atoms in total. The molecule has 0 aromatic carbocycles. The van der Waals surface area contributed by atoms with E-state index in [-0.39, 0.29) is 17.4 Å². The van der Waals surface area contributed by atoms with Gasteiger partial charge in [-0.25, -0.2) is 0 Å². The van der Waals surface area contributed by atoms with Gasteiger partial charge in [0.1, 0.15) is 0 Å². The molecule has 16 heavy (non-hydrogen) atoms. The zero-order valence-electron chi connectivity index (χ0n) is 11.2. The van der Waals surface area contributed by atoms with Crippen LogP contribution in [0.3, 0.4) is 0 Å². The largest absolute Gasteiger partial charge is 0.392 e. The van der Waals surface area contributed by atoms with Crippen molar-refractivity contribution >= 4 is 0 Å². The van der Waals surface area contributed by atoms with Crippen LogP contribution in [0.1, 0.15) is 59.3 Å². The first-order valence-corrected chi connectivity index (χ1v) is 6.94. The van der Waals surface area contributed by atoms with Crippen LogP contribution in [0.25, 0.3) is 0 Å². The molecule has 0 spiro atoms. The fraction of sp³-hybridized carbons (Fsp3) is 1.00. The molecule has 1 aliphatic carbocycles. The topological polar surface area (TPSA) is 46.2 Å². The Hall–Kier alpha value is -0.0800. The SMILES string of the molecule is CCC(CN)C(O)C1(CC(C)C)CCCC1. The van der Waals surface area contributed by atoms with Crippen molar-refractivity contribution in [1.82, 2.24) is 0 Å². The lowest BCUT2D eigenvalue weighted by molar-refractivity contribution is -0.0274. The molecule has 2 heteroatoms. The minimum Gasteiger partial charge on any atom is -0.392 e. The summed E-state index contributed by atoms with van der Waals surface area (Å²) < 4.78 is 0. The maximum Gasteiger partial charge on any atom is 0.0636 e. The third-order valence-electron chi connectivity index (χ3n) is 4.32. The molecule has 0 amide bonds. The van der Waals surface area contributed by atoms with E-state index >= 15 is 0 Å². The fourth-order valence-corrected chi connectivity index (χ4v) is 3.53. The molecule has 2 atom stereocenters. The van der Waals surface area contributed by atoms with Gasteiger partial charge in [0.2, 0.25) is 0 Å². The van der Waals surface area contributed by atoms with Crippen molar-refractivity contribution in [3.63, 3.8) is 0 Å². The van der Waals surface area contributed by atoms with Crippen molar-refractivity contribution in [2.75, 3.05) is 6.54 Å². The van der Waals surface area contributed by atoms with Crippen LogP contribution in [0.15, 0.2) is 0 Å². The summed E-state index contributed by atoms with van der Waals surface area (Å²) in [7, 11) is 0. The van der Waals surface area contributed by atoms with Gasteiger partial charge in [0.25, 0.3) is 0 Å². The van der Waals surface area contributed by atoms with E-state index in [0.717, 1.165) is 12.8 Å². The van der Waals surface area contributed by atoms with Crippen LogP contribution in [0.4, 0.5) is 0 Å². The van der Waals surface area contributed by atoms with Crippen LogP contribution in [0, 0.1) is 17.3 Å². The monoisotopic (exact) mass is 227 g/mol. The quantitative estimate of drug-likeness (QED) is 0.733. The summed E-state index contributed by atoms with van der Waals surface area (Å²) in [5.41, 5.74) is 5.96. The minimum absolute atomic E-state index is 0.175. The second kappa shape index (κ2) is 6.02. The number of nitrogens with two attached hydrogens (primary N) is 1. The fourth-order valence-electron chi connectivity index (χ4n) is 3.53. The van der Waals surface area contributed by atoms with E-state index in [0.29, 0.717) is 12.5 Å². The van der Waals surface area contributed by atoms with Gasteiger partial charge in [-0.15, -0.1) is 0 Å². The van der Waals surface area contributed by atoms with Crippen molar-refractivity contribution < 1.29 is 5.11 Å². The molecule has 1 fully saturated rings. The van der Waals surface area contributed by atoms with Crippen LogP contribution in [0.2, 0.25) is 0 Å². The Morgan fingerprint density at radius 3 is 2.19 bits per heavy atom. The first-order chi connectivity index (χ1) is 7.55. The van der Waals surface area contributed by atoms with Crippen molar-refractivity contribution in [2.24, 2.45) is 23.0 Å². The lowest BCUT2D eigenvalue weighted by Gasteiger charge is -2.39. The van der Waals surface area contributed by atoms with Crippen molar-refractivity contribution in [3.8, 4) is 0 Å². The molecular formula is C14H29NO. The first-order valence-electron chi connectivity index (χ1n) is 6.94. The number of hydrogen-bond donors (Lipinski definition) is 2. The average molecular weight is 227 g/mol. The van der Waals surface area contributed by atoms with E-state index in [9.17, 15) is 5.11 Å². The predicted molar refractivity (Wildman–Crippen MR) is 69.2 cm³/mol. The van der Waals surface area contributed by atoms with Gasteiger partial charge in [-0.3, -0.25) is 0 Å². The molecule has 1 rings (SSSR count). The van der Waals surface area contributed by atoms with Gasteiger partial charge >= 0.3 is 0 Å². The maximum absolute atomic E-state index is 10.6. The standard InChI is InChI=1S/C14H29NO/c1-4-12(10-15)13(16)14(9-11(2)3)7-5-6-8-14/h11-13,16H,4-10,15H2,1-3H3. The summed E-state index contributed by atoms with van der Waals surface area (Å²) >= 11 is 0. The van der Waals surface area contributed by atoms with Gasteiger partial charge in [0.05, 0.1) is 6.10 Å². The predicted octanol–water partition coefficient (Wildman–Crippen LogP) is 2.94. The third-order valence-corrected chi connectivity index (χ3v) is 4.32. The highest BCUT2D eigenvalue weighted by Crippen LogP contribution is 2.48. The molecule has 0 bridgehead atoms. The normalized spacial score (nSPS) is 23.6. The van der Waals surface area contributed by atoms with E-state index < -0.39 is 0 Å². The number of hydrogen-bond acceptors (Lipinski definition) is 2. The molecule has 2 unspecified atom stereocenters. The number of aliphatic hydroxyl groups excluding tert-OH is 1. The van der Waals surface area contributed by atoms with Crippen LogP contribution in [-0.4, -0.2) is 17.8 Å². The summed E-state index contributed by atoms with van der Waals surface area (Å²) in [6.07, 6.45) is 6.93. The molecule has 1 aliphatic rings. The Bertz CT molecular complexity index is 193. The lowest BCUT2D eigenvalue weighted by Crippen LogP contribution is -2.42. The highest BCUT2D eigenvalue weighted by Gasteiger charge is 2.43. The highest BCUT2D eigenvalue weighted by atomic mass is 16.3. The second-order valence-corrected chi connectivity index (χ2v) is 6.02. The summed E-state index contributed by atoms with van der Waals surface area (Å²) in [5, 5.41) is 10.6. The lowest BCUT2D eigenvalue weighted by atomic mass is 9.69. The third kappa shape index (κ3) is 2.98. The Kier molecular flexibility index (Phi) is 5.26. The zero-order valence-corrected chi connectivity index (χ0v) is 11.2. The van der Waals surface area contributed by atoms with E-state index in [2.05, 4.69) is 20.8 Å². The van der Waals surface area contributed by atoms with Gasteiger partial charge in [0, 0.05) is 0 Å². The molecule has 96 valence electrons. The van der Waals surface area contributed by atoms with Crippen LogP contribution < -0.4 is 5.73 Å². The summed E-state index contributed by atoms with van der Waals surface area (Å²) in [5.74, 6) is 0.958. The molecule has 0 aliphatic heterocycles. The Morgan fingerprint density at radius 2 is 1.81 bits per heavy atom. The van der Waals surface area contributed by atoms with Gasteiger partial charge in [0.15, 0.2) is 0 Å². The molecule has 0 aromatic rings. The Balaban J connectivity index is 2.75. The molecule has 0 saturated heterocycles. The Labute approximate surface area is 101 Å². The van der Waals surface area contributed by atoms with Gasteiger partial charge in [-0.2, -0.15) is 0 Å². The van der Waals surface area contributed by atoms with E-state index in [1.165, 1.54) is 25.7 Å². The van der Waals surface area contributed by atoms with Gasteiger partial charge < -0.3 is 10.8 Å². The highest BCUT2D eigenvalue weighted by molar-refractivity contribution is 4.94. The Morgan fingerprint density at radius 1 is 1.25 bits per heavy atom. The van der Waals surface area contributed by atoms with Crippen molar-refractivity contribution in [1.29, 1.82) is 0 Å². The molecule has 0 heterocycles. The summed E-state index contributed by atoms with van der Waals surface area (Å²) in [6.45, 7) is 7.28. The first kappa shape index (κ1) is 14.0. The number of rotatable bonds is 6. The molecular weight excluding hydrogens is 198 g/mol. The van der Waals surface area contributed by atoms with Gasteiger partial charge in [-0.1, -0.05) is 33.6 Å². The second-order valence-electron chi connectivity index (χ2n) is 6.02. The zero-order chi connectivity index (χ0) is 12.2.